The molecule has 0 aromatic carbocycles. The Bertz CT molecular complexity index is 162. The second-order valence-electron chi connectivity index (χ2n) is 1.64. The van der Waals surface area contributed by atoms with E-state index in [0.717, 1.165) is 0 Å². The van der Waals surface area contributed by atoms with Gasteiger partial charge in [-0.2, -0.15) is 0 Å². The number of rotatable bonds is 3. The largest absolute Gasteiger partial charge is 0.481 e. The number of aliphatic carboxylic acids is 1. The van der Waals surface area contributed by atoms with Gasteiger partial charge in [0.15, 0.2) is 0 Å². The molecule has 0 spiro atoms. The summed E-state index contributed by atoms with van der Waals surface area (Å²) in [4.78, 5) is 9.91. The normalized spacial score (nSPS) is 7.89. The molecule has 0 saturated heterocycles. The molecule has 0 bridgehead atoms. The van der Waals surface area contributed by atoms with Crippen LogP contribution in [-0.4, -0.2) is 11.1 Å². The maximum absolute atomic E-state index is 9.91. The van der Waals surface area contributed by atoms with Crippen molar-refractivity contribution in [2.24, 2.45) is 0 Å². The molecule has 0 rings (SSSR count). The summed E-state index contributed by atoms with van der Waals surface area (Å²) in [5, 5.41) is 8.15. The van der Waals surface area contributed by atoms with Crippen LogP contribution in [0, 0.1) is 12.3 Å². The third-order valence-electron chi connectivity index (χ3n) is 0.845. The van der Waals surface area contributed by atoms with Crippen LogP contribution in [0.3, 0.4) is 0 Å². The number of hydrogen-bond acceptors (Lipinski definition) is 1. The van der Waals surface area contributed by atoms with Crippen molar-refractivity contribution in [3.8, 4) is 12.3 Å². The van der Waals surface area contributed by atoms with Crippen molar-refractivity contribution in [2.45, 2.75) is 12.8 Å². The van der Waals surface area contributed by atoms with E-state index in [1.165, 1.54) is 0 Å². The number of terminal acetylenes is 1. The summed E-state index contributed by atoms with van der Waals surface area (Å²) in [6.07, 6.45) is 5.37. The van der Waals surface area contributed by atoms with E-state index in [-0.39, 0.29) is 6.42 Å². The average molecular weight is 124 g/mol. The Labute approximate surface area is 54.2 Å². The lowest BCUT2D eigenvalue weighted by atomic mass is 10.2. The van der Waals surface area contributed by atoms with Crippen LogP contribution >= 0.6 is 0 Å². The van der Waals surface area contributed by atoms with Crippen molar-refractivity contribution in [3.05, 3.63) is 12.2 Å². The molecule has 0 saturated carbocycles. The van der Waals surface area contributed by atoms with Gasteiger partial charge in [0, 0.05) is 6.42 Å². The Morgan fingerprint density at radius 3 is 2.56 bits per heavy atom. The maximum Gasteiger partial charge on any atom is 0.303 e. The fourth-order valence-electron chi connectivity index (χ4n) is 0.330. The van der Waals surface area contributed by atoms with Gasteiger partial charge in [-0.15, -0.1) is 6.42 Å². The molecule has 0 aliphatic heterocycles. The van der Waals surface area contributed by atoms with Crippen LogP contribution in [0.2, 0.25) is 0 Å². The number of allylic oxidation sites excluding steroid dienone is 1. The first-order valence-electron chi connectivity index (χ1n) is 2.53. The highest BCUT2D eigenvalue weighted by molar-refractivity contribution is 5.67. The van der Waals surface area contributed by atoms with Crippen molar-refractivity contribution in [1.29, 1.82) is 0 Å². The van der Waals surface area contributed by atoms with Gasteiger partial charge >= 0.3 is 5.97 Å². The SMILES string of the molecule is C#CC(=C)CCC(=O)O. The van der Waals surface area contributed by atoms with Gasteiger partial charge < -0.3 is 5.11 Å². The summed E-state index contributed by atoms with van der Waals surface area (Å²) in [6, 6.07) is 0. The van der Waals surface area contributed by atoms with Crippen molar-refractivity contribution >= 4 is 5.97 Å². The third kappa shape index (κ3) is 4.63. The van der Waals surface area contributed by atoms with E-state index in [2.05, 4.69) is 12.5 Å². The van der Waals surface area contributed by atoms with Crippen molar-refractivity contribution in [2.75, 3.05) is 0 Å². The Morgan fingerprint density at radius 2 is 2.22 bits per heavy atom. The van der Waals surface area contributed by atoms with Crippen LogP contribution in [-0.2, 0) is 4.79 Å². The van der Waals surface area contributed by atoms with Gasteiger partial charge in [0.2, 0.25) is 0 Å². The smallest absolute Gasteiger partial charge is 0.303 e. The predicted octanol–water partition coefficient (Wildman–Crippen LogP) is 1.04. The van der Waals surface area contributed by atoms with Crippen molar-refractivity contribution in [3.63, 3.8) is 0 Å². The summed E-state index contributed by atoms with van der Waals surface area (Å²) in [5.41, 5.74) is 0.539. The molecule has 0 amide bonds. The molecular weight excluding hydrogens is 116 g/mol. The Balaban J connectivity index is 3.43. The molecule has 0 radical (unpaired) electrons. The average Bonchev–Trinajstić information content (AvgIpc) is 1.83. The summed E-state index contributed by atoms with van der Waals surface area (Å²) in [7, 11) is 0. The van der Waals surface area contributed by atoms with Crippen LogP contribution in [0.15, 0.2) is 12.2 Å². The Morgan fingerprint density at radius 1 is 1.67 bits per heavy atom. The van der Waals surface area contributed by atoms with E-state index < -0.39 is 5.97 Å². The first kappa shape index (κ1) is 7.77. The maximum atomic E-state index is 9.91. The molecule has 1 N–H and O–H groups in total. The summed E-state index contributed by atoms with van der Waals surface area (Å²) in [6.45, 7) is 3.45. The highest BCUT2D eigenvalue weighted by Crippen LogP contribution is 1.98. The molecule has 9 heavy (non-hydrogen) atoms. The number of carboxylic acid groups (broad SMARTS) is 1. The van der Waals surface area contributed by atoms with Crippen molar-refractivity contribution < 1.29 is 9.90 Å². The molecule has 0 heterocycles. The molecule has 0 aromatic rings. The van der Waals surface area contributed by atoms with E-state index >= 15 is 0 Å². The van der Waals surface area contributed by atoms with E-state index in [4.69, 9.17) is 11.5 Å². The van der Waals surface area contributed by atoms with Crippen LogP contribution in [0.5, 0.6) is 0 Å². The molecule has 0 fully saturated rings. The fraction of sp³-hybridized carbons (Fsp3) is 0.286. The number of carboxylic acids is 1. The standard InChI is InChI=1S/C7H8O2/c1-3-6(2)4-5-7(8)9/h1H,2,4-5H2,(H,8,9). The van der Waals surface area contributed by atoms with E-state index in [1.54, 1.807) is 0 Å². The lowest BCUT2D eigenvalue weighted by molar-refractivity contribution is -0.136. The third-order valence-corrected chi connectivity index (χ3v) is 0.845. The van der Waals surface area contributed by atoms with E-state index in [9.17, 15) is 4.79 Å². The minimum Gasteiger partial charge on any atom is -0.481 e. The quantitative estimate of drug-likeness (QED) is 0.571. The van der Waals surface area contributed by atoms with Crippen LogP contribution in [0.4, 0.5) is 0 Å². The number of hydrogen-bond donors (Lipinski definition) is 1. The van der Waals surface area contributed by atoms with Gasteiger partial charge in [0.1, 0.15) is 0 Å². The monoisotopic (exact) mass is 124 g/mol. The van der Waals surface area contributed by atoms with Gasteiger partial charge in [0.05, 0.1) is 0 Å². The first-order valence-corrected chi connectivity index (χ1v) is 2.53. The molecule has 2 nitrogen and oxygen atoms in total. The molecule has 2 heteroatoms. The van der Waals surface area contributed by atoms with Crippen LogP contribution in [0.1, 0.15) is 12.8 Å². The van der Waals surface area contributed by atoms with E-state index in [0.29, 0.717) is 12.0 Å². The molecule has 0 aromatic heterocycles. The van der Waals surface area contributed by atoms with Gasteiger partial charge in [-0.3, -0.25) is 4.79 Å². The summed E-state index contributed by atoms with van der Waals surface area (Å²) < 4.78 is 0. The zero-order valence-electron chi connectivity index (χ0n) is 5.05. The van der Waals surface area contributed by atoms with Crippen LogP contribution < -0.4 is 0 Å². The summed E-state index contributed by atoms with van der Waals surface area (Å²) >= 11 is 0. The summed E-state index contributed by atoms with van der Waals surface area (Å²) in [5.74, 6) is 1.42. The van der Waals surface area contributed by atoms with Gasteiger partial charge in [-0.1, -0.05) is 12.5 Å². The molecule has 0 atom stereocenters. The minimum atomic E-state index is -0.841. The zero-order valence-corrected chi connectivity index (χ0v) is 5.05. The number of carbonyl (C=O) groups is 1. The first-order chi connectivity index (χ1) is 4.16. The minimum absolute atomic E-state index is 0.0725. The lowest BCUT2D eigenvalue weighted by Crippen LogP contribution is -1.93. The van der Waals surface area contributed by atoms with Gasteiger partial charge in [-0.25, -0.2) is 0 Å². The molecule has 0 aliphatic carbocycles. The van der Waals surface area contributed by atoms with E-state index in [1.807, 2.05) is 0 Å². The van der Waals surface area contributed by atoms with Crippen molar-refractivity contribution in [1.82, 2.24) is 0 Å². The molecule has 48 valence electrons. The van der Waals surface area contributed by atoms with Gasteiger partial charge in [-0.05, 0) is 12.0 Å². The highest BCUT2D eigenvalue weighted by atomic mass is 16.4. The molecular formula is C7H8O2. The molecule has 0 unspecified atom stereocenters. The Kier molecular flexibility index (Phi) is 3.22. The fourth-order valence-corrected chi connectivity index (χ4v) is 0.330. The zero-order chi connectivity index (χ0) is 7.28. The second kappa shape index (κ2) is 3.73. The highest BCUT2D eigenvalue weighted by Gasteiger charge is 1.95. The van der Waals surface area contributed by atoms with Crippen LogP contribution in [0.25, 0.3) is 0 Å². The Hall–Kier alpha value is -1.23. The topological polar surface area (TPSA) is 37.3 Å². The second-order valence-corrected chi connectivity index (χ2v) is 1.64. The van der Waals surface area contributed by atoms with Gasteiger partial charge in [0.25, 0.3) is 0 Å². The molecule has 0 aliphatic rings. The predicted molar refractivity (Wildman–Crippen MR) is 34.8 cm³/mol. The lowest BCUT2D eigenvalue weighted by Gasteiger charge is -1.90.